The van der Waals surface area contributed by atoms with Crippen LogP contribution in [0.15, 0.2) is 85.1 Å². The summed E-state index contributed by atoms with van der Waals surface area (Å²) in [6, 6.07) is -0.651. The van der Waals surface area contributed by atoms with Gasteiger partial charge in [-0.15, -0.1) is 0 Å². The first-order valence-electron chi connectivity index (χ1n) is 32.3. The molecule has 73 heavy (non-hydrogen) atoms. The van der Waals surface area contributed by atoms with Crippen LogP contribution in [0.2, 0.25) is 0 Å². The second-order valence-electron chi connectivity index (χ2n) is 21.8. The monoisotopic (exact) mass is 1020 g/mol. The number of nitrogens with one attached hydrogen (secondary N) is 1. The highest BCUT2D eigenvalue weighted by atomic mass is 16.3. The van der Waals surface area contributed by atoms with Crippen molar-refractivity contribution in [2.75, 3.05) is 6.61 Å². The van der Waals surface area contributed by atoms with Crippen LogP contribution in [0.3, 0.4) is 0 Å². The highest BCUT2D eigenvalue weighted by Gasteiger charge is 2.18. The minimum absolute atomic E-state index is 0.0766. The van der Waals surface area contributed by atoms with Gasteiger partial charge < -0.3 is 15.5 Å². The average Bonchev–Trinajstić information content (AvgIpc) is 3.40. The molecule has 2 atom stereocenters. The molecule has 3 N–H and O–H groups in total. The number of aliphatic hydroxyl groups is 2. The number of allylic oxidation sites excluding steroid dienone is 13. The Kier molecular flexibility index (Phi) is 61.7. The Labute approximate surface area is 456 Å². The van der Waals surface area contributed by atoms with Gasteiger partial charge in [-0.1, -0.05) is 324 Å². The van der Waals surface area contributed by atoms with Crippen LogP contribution in [0.5, 0.6) is 0 Å². The maximum Gasteiger partial charge on any atom is 0.220 e. The molecule has 0 aromatic heterocycles. The fourth-order valence-corrected chi connectivity index (χ4v) is 9.74. The van der Waals surface area contributed by atoms with Gasteiger partial charge in [-0.05, 0) is 83.5 Å². The Morgan fingerprint density at radius 3 is 0.959 bits per heavy atom. The molecule has 0 saturated heterocycles. The lowest BCUT2D eigenvalue weighted by atomic mass is 10.0. The molecule has 0 aromatic rings. The van der Waals surface area contributed by atoms with Crippen molar-refractivity contribution >= 4 is 5.91 Å². The summed E-state index contributed by atoms with van der Waals surface area (Å²) in [6.45, 7) is 4.21. The molecule has 424 valence electrons. The Morgan fingerprint density at radius 2 is 0.616 bits per heavy atom. The number of hydrogen-bond acceptors (Lipinski definition) is 3. The molecule has 1 amide bonds. The Morgan fingerprint density at radius 1 is 0.342 bits per heavy atom. The van der Waals surface area contributed by atoms with E-state index >= 15 is 0 Å². The summed E-state index contributed by atoms with van der Waals surface area (Å²) >= 11 is 0. The molecule has 0 rings (SSSR count). The average molecular weight is 1020 g/mol. The van der Waals surface area contributed by atoms with Crippen molar-refractivity contribution in [3.05, 3.63) is 85.1 Å². The van der Waals surface area contributed by atoms with Gasteiger partial charge in [0.25, 0.3) is 0 Å². The molecule has 0 aliphatic carbocycles. The third-order valence-electron chi connectivity index (χ3n) is 14.6. The second kappa shape index (κ2) is 63.9. The van der Waals surface area contributed by atoms with E-state index in [1.165, 1.54) is 244 Å². The van der Waals surface area contributed by atoms with Gasteiger partial charge >= 0.3 is 0 Å². The summed E-state index contributed by atoms with van der Waals surface area (Å²) in [5, 5.41) is 23.2. The molecule has 0 saturated carbocycles. The van der Waals surface area contributed by atoms with Gasteiger partial charge in [-0.25, -0.2) is 0 Å². The number of carbonyl (C=O) groups is 1. The normalized spacial score (nSPS) is 13.3. The highest BCUT2D eigenvalue weighted by molar-refractivity contribution is 5.76. The first kappa shape index (κ1) is 70.6. The van der Waals surface area contributed by atoms with Crippen LogP contribution in [-0.4, -0.2) is 34.9 Å². The van der Waals surface area contributed by atoms with Gasteiger partial charge in [-0.2, -0.15) is 0 Å². The van der Waals surface area contributed by atoms with E-state index in [0.717, 1.165) is 64.2 Å². The maximum atomic E-state index is 12.5. The minimum Gasteiger partial charge on any atom is -0.394 e. The van der Waals surface area contributed by atoms with Crippen LogP contribution >= 0.6 is 0 Å². The van der Waals surface area contributed by atoms with E-state index in [9.17, 15) is 15.0 Å². The van der Waals surface area contributed by atoms with Gasteiger partial charge in [-0.3, -0.25) is 4.79 Å². The molecule has 0 spiro atoms. The topological polar surface area (TPSA) is 69.6 Å². The number of rotatable bonds is 59. The molecule has 4 heteroatoms. The number of carbonyl (C=O) groups excluding carboxylic acids is 1. The smallest absolute Gasteiger partial charge is 0.220 e. The number of unbranched alkanes of at least 4 members (excludes halogenated alkanes) is 40. The molecule has 0 heterocycles. The minimum atomic E-state index is -0.876. The summed E-state index contributed by atoms with van der Waals surface area (Å²) in [7, 11) is 0. The summed E-state index contributed by atoms with van der Waals surface area (Å²) in [5.74, 6) is -0.0766. The van der Waals surface area contributed by atoms with E-state index in [1.54, 1.807) is 6.08 Å². The Hall–Kier alpha value is -2.43. The summed E-state index contributed by atoms with van der Waals surface area (Å²) in [6.07, 6.45) is 93.6. The molecular formula is C69H125NO3. The SMILES string of the molecule is CC/C=C\C/C=C\C/C=C\C/C=C\CCCCCCCCCCCCCCCCCCC(=O)NC(CO)C(O)/C=C/CC/C=C/CC/C=C/CCCCCCCCCCCCCCCCCCCCCCCC. The van der Waals surface area contributed by atoms with Gasteiger partial charge in [0.05, 0.1) is 18.8 Å². The van der Waals surface area contributed by atoms with Crippen LogP contribution in [0.25, 0.3) is 0 Å². The van der Waals surface area contributed by atoms with E-state index in [1.807, 2.05) is 6.08 Å². The van der Waals surface area contributed by atoms with Crippen molar-refractivity contribution in [3.63, 3.8) is 0 Å². The van der Waals surface area contributed by atoms with Crippen LogP contribution in [0.4, 0.5) is 0 Å². The maximum absolute atomic E-state index is 12.5. The fourth-order valence-electron chi connectivity index (χ4n) is 9.74. The third-order valence-corrected chi connectivity index (χ3v) is 14.6. The fraction of sp³-hybridized carbons (Fsp3) is 0.783. The standard InChI is InChI=1S/C69H125NO3/c1-3-5-7-9-11-13-15-17-19-21-23-25-27-29-31-33-34-35-37-38-40-42-44-46-48-50-52-54-56-58-60-62-64-68(72)67(66-71)70-69(73)65-63-61-59-57-55-53-51-49-47-45-43-41-39-36-32-30-28-26-24-22-20-18-16-14-12-10-8-6-4-2/h6,8,12,14,18,20,24,26,46,48,54,56,62,64,67-68,71-72H,3-5,7,9-11,13,15-17,19,21-23,25,27-45,47,49-53,55,57-61,63,65-66H2,1-2H3,(H,70,73)/b8-6-,14-12-,20-18-,26-24-,48-46+,56-54+,64-62+. The van der Waals surface area contributed by atoms with Gasteiger partial charge in [0, 0.05) is 6.42 Å². The van der Waals surface area contributed by atoms with Crippen molar-refractivity contribution in [1.29, 1.82) is 0 Å². The number of hydrogen-bond donors (Lipinski definition) is 3. The van der Waals surface area contributed by atoms with Crippen molar-refractivity contribution in [1.82, 2.24) is 5.32 Å². The van der Waals surface area contributed by atoms with Crippen LogP contribution in [0.1, 0.15) is 328 Å². The lowest BCUT2D eigenvalue weighted by molar-refractivity contribution is -0.123. The van der Waals surface area contributed by atoms with Crippen molar-refractivity contribution < 1.29 is 15.0 Å². The lowest BCUT2D eigenvalue weighted by Gasteiger charge is -2.19. The molecule has 0 aliphatic heterocycles. The van der Waals surface area contributed by atoms with Gasteiger partial charge in [0.1, 0.15) is 0 Å². The highest BCUT2D eigenvalue weighted by Crippen LogP contribution is 2.17. The summed E-state index contributed by atoms with van der Waals surface area (Å²) in [5.41, 5.74) is 0. The molecule has 0 aromatic carbocycles. The quantitative estimate of drug-likeness (QED) is 0.0420. The Balaban J connectivity index is 3.52. The summed E-state index contributed by atoms with van der Waals surface area (Å²) < 4.78 is 0. The van der Waals surface area contributed by atoms with Crippen molar-refractivity contribution in [2.45, 2.75) is 341 Å². The zero-order chi connectivity index (χ0) is 52.7. The number of amides is 1. The first-order valence-corrected chi connectivity index (χ1v) is 32.3. The van der Waals surface area contributed by atoms with Crippen LogP contribution in [-0.2, 0) is 4.79 Å². The zero-order valence-corrected chi connectivity index (χ0v) is 48.9. The molecule has 4 nitrogen and oxygen atoms in total. The molecule has 0 aliphatic rings. The molecule has 0 radical (unpaired) electrons. The summed E-state index contributed by atoms with van der Waals surface area (Å²) in [4.78, 5) is 12.5. The Bertz CT molecular complexity index is 1290. The van der Waals surface area contributed by atoms with E-state index < -0.39 is 12.1 Å². The van der Waals surface area contributed by atoms with Crippen LogP contribution < -0.4 is 5.32 Å². The first-order chi connectivity index (χ1) is 36.2. The van der Waals surface area contributed by atoms with Gasteiger partial charge in [0.15, 0.2) is 0 Å². The molecular weight excluding hydrogens is 891 g/mol. The van der Waals surface area contributed by atoms with E-state index in [4.69, 9.17) is 0 Å². The van der Waals surface area contributed by atoms with E-state index in [-0.39, 0.29) is 12.5 Å². The van der Waals surface area contributed by atoms with Crippen molar-refractivity contribution in [3.8, 4) is 0 Å². The number of aliphatic hydroxyl groups excluding tert-OH is 2. The molecule has 2 unspecified atom stereocenters. The molecule has 0 fully saturated rings. The lowest BCUT2D eigenvalue weighted by Crippen LogP contribution is -2.45. The predicted octanol–water partition coefficient (Wildman–Crippen LogP) is 21.9. The van der Waals surface area contributed by atoms with Gasteiger partial charge in [0.2, 0.25) is 5.91 Å². The third kappa shape index (κ3) is 60.3. The largest absolute Gasteiger partial charge is 0.394 e. The zero-order valence-electron chi connectivity index (χ0n) is 48.9. The molecule has 0 bridgehead atoms. The van der Waals surface area contributed by atoms with Crippen LogP contribution in [0, 0.1) is 0 Å². The van der Waals surface area contributed by atoms with E-state index in [2.05, 4.69) is 92.1 Å². The second-order valence-corrected chi connectivity index (χ2v) is 21.8. The predicted molar refractivity (Wildman–Crippen MR) is 327 cm³/mol. The van der Waals surface area contributed by atoms with E-state index in [0.29, 0.717) is 6.42 Å². The van der Waals surface area contributed by atoms with Crippen molar-refractivity contribution in [2.24, 2.45) is 0 Å².